The predicted octanol–water partition coefficient (Wildman–Crippen LogP) is 1.70. The number of para-hydroxylation sites is 1. The topological polar surface area (TPSA) is 22.1 Å². The molecule has 0 fully saturated rings. The minimum absolute atomic E-state index is 0.876. The molecule has 0 saturated heterocycles. The molecule has 1 heterocycles. The van der Waals surface area contributed by atoms with Crippen molar-refractivity contribution in [2.75, 3.05) is 0 Å². The molecule has 0 saturated carbocycles. The van der Waals surface area contributed by atoms with Gasteiger partial charge in [0.1, 0.15) is 0 Å². The van der Waals surface area contributed by atoms with E-state index in [-0.39, 0.29) is 0 Å². The van der Waals surface area contributed by atoms with Crippen LogP contribution < -0.4 is 2.81 Å². The Morgan fingerprint density at radius 3 is 2.83 bits per heavy atom. The second-order valence-electron chi connectivity index (χ2n) is 2.42. The quantitative estimate of drug-likeness (QED) is 0.729. The van der Waals surface area contributed by atoms with Crippen LogP contribution in [0.4, 0.5) is 0 Å². The zero-order valence-corrected chi connectivity index (χ0v) is 9.74. The van der Waals surface area contributed by atoms with Gasteiger partial charge in [0.25, 0.3) is 0 Å². The maximum atomic E-state index is 5.28. The first-order valence-corrected chi connectivity index (χ1v) is 4.99. The van der Waals surface area contributed by atoms with Crippen LogP contribution in [0.1, 0.15) is 0 Å². The molecule has 0 amide bonds. The average Bonchev–Trinajstić information content (AvgIpc) is 2.17. The molecule has 58 valence electrons. The van der Waals surface area contributed by atoms with Crippen molar-refractivity contribution in [1.29, 1.82) is 0 Å². The molecule has 2 rings (SSSR count). The minimum atomic E-state index is 0.876. The number of benzene rings is 1. The van der Waals surface area contributed by atoms with Crippen molar-refractivity contribution in [1.82, 2.24) is 4.98 Å². The summed E-state index contributed by atoms with van der Waals surface area (Å²) in [6, 6.07) is 9.91. The summed E-state index contributed by atoms with van der Waals surface area (Å²) in [7, 11) is 0. The summed E-state index contributed by atoms with van der Waals surface area (Å²) in [5, 5.41) is 1.13. The van der Waals surface area contributed by atoms with Crippen LogP contribution in [0.3, 0.4) is 0 Å². The second kappa shape index (κ2) is 3.36. The molecule has 0 N–H and O–H groups in total. The van der Waals surface area contributed by atoms with Gasteiger partial charge in [0, 0.05) is 0 Å². The molecule has 3 heteroatoms. The third-order valence-corrected chi connectivity index (χ3v) is 2.46. The fourth-order valence-corrected chi connectivity index (χ4v) is 1.72. The van der Waals surface area contributed by atoms with Crippen molar-refractivity contribution < 1.29 is 2.81 Å². The first kappa shape index (κ1) is 7.94. The van der Waals surface area contributed by atoms with E-state index in [1.807, 2.05) is 30.3 Å². The molecule has 0 unspecified atom stereocenters. The van der Waals surface area contributed by atoms with E-state index >= 15 is 0 Å². The first-order valence-electron chi connectivity index (χ1n) is 3.57. The third kappa shape index (κ3) is 1.29. The summed E-state index contributed by atoms with van der Waals surface area (Å²) in [4.78, 5) is 4.24. The van der Waals surface area contributed by atoms with Gasteiger partial charge in [-0.25, -0.2) is 0 Å². The van der Waals surface area contributed by atoms with E-state index in [0.29, 0.717) is 0 Å². The molecule has 2 radical (unpaired) electrons. The SMILES string of the molecule is [Bi][O]c1cccc2cccnc12. The molecule has 2 nitrogen and oxygen atoms in total. The number of rotatable bonds is 1. The van der Waals surface area contributed by atoms with Gasteiger partial charge in [-0.1, -0.05) is 0 Å². The fourth-order valence-electron chi connectivity index (χ4n) is 1.15. The molecule has 0 bridgehead atoms. The summed E-state index contributed by atoms with van der Waals surface area (Å²) >= 11 is 0.896. The van der Waals surface area contributed by atoms with Gasteiger partial charge in [0.05, 0.1) is 0 Å². The van der Waals surface area contributed by atoms with Crippen LogP contribution >= 0.6 is 0 Å². The molecular formula is C9H6BiNO. The predicted molar refractivity (Wildman–Crippen MR) is 48.1 cm³/mol. The number of hydrogen-bond acceptors (Lipinski definition) is 2. The Labute approximate surface area is 86.0 Å². The molecule has 0 spiro atoms. The molecule has 0 aliphatic rings. The summed E-state index contributed by atoms with van der Waals surface area (Å²) in [6.45, 7) is 0. The Morgan fingerprint density at radius 2 is 2.00 bits per heavy atom. The molecule has 0 atom stereocenters. The number of nitrogens with zero attached hydrogens (tertiary/aromatic N) is 1. The number of aromatic nitrogens is 1. The van der Waals surface area contributed by atoms with Gasteiger partial charge in [0.2, 0.25) is 0 Å². The fraction of sp³-hybridized carbons (Fsp3) is 0. The van der Waals surface area contributed by atoms with Gasteiger partial charge in [-0.05, 0) is 0 Å². The Kier molecular flexibility index (Phi) is 2.22. The number of hydrogen-bond donors (Lipinski definition) is 0. The van der Waals surface area contributed by atoms with E-state index in [4.69, 9.17) is 2.81 Å². The summed E-state index contributed by atoms with van der Waals surface area (Å²) in [6.07, 6.45) is 1.78. The van der Waals surface area contributed by atoms with Crippen molar-refractivity contribution in [3.05, 3.63) is 36.5 Å². The zero-order valence-electron chi connectivity index (χ0n) is 6.27. The first-order chi connectivity index (χ1) is 5.92. The Bertz CT molecular complexity index is 397. The van der Waals surface area contributed by atoms with Crippen molar-refractivity contribution in [2.24, 2.45) is 0 Å². The summed E-state index contributed by atoms with van der Waals surface area (Å²) < 4.78 is 5.28. The summed E-state index contributed by atoms with van der Waals surface area (Å²) in [5.41, 5.74) is 0.947. The standard InChI is InChI=1S/C9H7NO.Bi/c11-8-5-1-3-7-4-2-6-10-9(7)8;/h1-6,11H;/q;+1/p-1. The van der Waals surface area contributed by atoms with Gasteiger partial charge < -0.3 is 0 Å². The molecule has 0 aliphatic carbocycles. The summed E-state index contributed by atoms with van der Waals surface area (Å²) in [5.74, 6) is 0.876. The molecule has 0 aliphatic heterocycles. The zero-order chi connectivity index (χ0) is 8.39. The van der Waals surface area contributed by atoms with Crippen LogP contribution in [0.2, 0.25) is 0 Å². The van der Waals surface area contributed by atoms with Gasteiger partial charge in [-0.2, -0.15) is 0 Å². The van der Waals surface area contributed by atoms with Crippen LogP contribution in [-0.4, -0.2) is 30.1 Å². The third-order valence-electron chi connectivity index (χ3n) is 1.69. The van der Waals surface area contributed by atoms with Crippen LogP contribution in [0.25, 0.3) is 10.9 Å². The molecule has 1 aromatic heterocycles. The Balaban J connectivity index is 2.79. The molecule has 2 aromatic rings. The average molecular weight is 353 g/mol. The molecule has 12 heavy (non-hydrogen) atoms. The number of pyridine rings is 1. The van der Waals surface area contributed by atoms with Crippen LogP contribution in [-0.2, 0) is 0 Å². The van der Waals surface area contributed by atoms with Crippen molar-refractivity contribution in [3.63, 3.8) is 0 Å². The van der Waals surface area contributed by atoms with E-state index in [1.165, 1.54) is 0 Å². The maximum absolute atomic E-state index is 5.28. The van der Waals surface area contributed by atoms with Gasteiger partial charge >= 0.3 is 86.1 Å². The van der Waals surface area contributed by atoms with Gasteiger partial charge in [-0.3, -0.25) is 0 Å². The Morgan fingerprint density at radius 1 is 1.17 bits per heavy atom. The second-order valence-corrected chi connectivity index (χ2v) is 3.13. The molecule has 1 aromatic carbocycles. The van der Waals surface area contributed by atoms with E-state index in [9.17, 15) is 0 Å². The monoisotopic (exact) mass is 353 g/mol. The van der Waals surface area contributed by atoms with E-state index in [2.05, 4.69) is 4.98 Å². The van der Waals surface area contributed by atoms with E-state index < -0.39 is 0 Å². The van der Waals surface area contributed by atoms with Crippen LogP contribution in [0, 0.1) is 0 Å². The van der Waals surface area contributed by atoms with Crippen LogP contribution in [0.5, 0.6) is 5.75 Å². The van der Waals surface area contributed by atoms with Crippen molar-refractivity contribution in [3.8, 4) is 5.75 Å². The normalized spacial score (nSPS) is 10.1. The van der Waals surface area contributed by atoms with Gasteiger partial charge in [-0.15, -0.1) is 0 Å². The van der Waals surface area contributed by atoms with Crippen molar-refractivity contribution in [2.45, 2.75) is 0 Å². The van der Waals surface area contributed by atoms with E-state index in [0.717, 1.165) is 41.8 Å². The van der Waals surface area contributed by atoms with E-state index in [1.54, 1.807) is 6.20 Å². The van der Waals surface area contributed by atoms with Crippen molar-refractivity contribution >= 4 is 36.1 Å². The van der Waals surface area contributed by atoms with Gasteiger partial charge in [0.15, 0.2) is 0 Å². The number of fused-ring (bicyclic) bond motifs is 1. The molecular weight excluding hydrogens is 347 g/mol. The Hall–Kier alpha value is -0.687. The van der Waals surface area contributed by atoms with Crippen LogP contribution in [0.15, 0.2) is 36.5 Å².